The summed E-state index contributed by atoms with van der Waals surface area (Å²) in [7, 11) is 0. The highest BCUT2D eigenvalue weighted by Gasteiger charge is 2.03. The number of H-pyrrole nitrogens is 1. The first-order valence-electron chi connectivity index (χ1n) is 5.48. The minimum absolute atomic E-state index is 0.442. The van der Waals surface area contributed by atoms with Crippen LogP contribution in [0, 0.1) is 4.91 Å². The van der Waals surface area contributed by atoms with Crippen molar-refractivity contribution in [1.82, 2.24) is 4.98 Å². The van der Waals surface area contributed by atoms with Gasteiger partial charge in [0, 0.05) is 21.1 Å². The highest BCUT2D eigenvalue weighted by Crippen LogP contribution is 2.27. The molecule has 4 heteroatoms. The van der Waals surface area contributed by atoms with Crippen LogP contribution in [0.3, 0.4) is 0 Å². The topological polar surface area (TPSA) is 45.2 Å². The molecule has 0 aliphatic rings. The molecule has 3 rings (SSSR count). The molecule has 0 aliphatic heterocycles. The van der Waals surface area contributed by atoms with Crippen LogP contribution in [-0.4, -0.2) is 4.98 Å². The van der Waals surface area contributed by atoms with Gasteiger partial charge in [-0.2, -0.15) is 0 Å². The Morgan fingerprint density at radius 1 is 1.00 bits per heavy atom. The molecule has 2 aromatic carbocycles. The highest BCUT2D eigenvalue weighted by molar-refractivity contribution is 9.10. The molecule has 0 saturated carbocycles. The SMILES string of the molecule is O=Nc1ccc(-c2cc3ccc(Br)cc3[nH]2)cc1. The molecule has 0 radical (unpaired) electrons. The molecule has 0 unspecified atom stereocenters. The van der Waals surface area contributed by atoms with Crippen molar-refractivity contribution in [2.24, 2.45) is 5.18 Å². The Hall–Kier alpha value is -1.94. The van der Waals surface area contributed by atoms with E-state index in [1.165, 1.54) is 0 Å². The first-order valence-corrected chi connectivity index (χ1v) is 6.27. The molecular formula is C14H9BrN2O. The molecule has 1 N–H and O–H groups in total. The van der Waals surface area contributed by atoms with Gasteiger partial charge in [-0.1, -0.05) is 34.1 Å². The number of aromatic amines is 1. The summed E-state index contributed by atoms with van der Waals surface area (Å²) in [5.74, 6) is 0. The van der Waals surface area contributed by atoms with Gasteiger partial charge in [0.15, 0.2) is 0 Å². The lowest BCUT2D eigenvalue weighted by Gasteiger charge is -1.96. The van der Waals surface area contributed by atoms with E-state index >= 15 is 0 Å². The molecule has 3 nitrogen and oxygen atoms in total. The van der Waals surface area contributed by atoms with E-state index in [2.05, 4.69) is 38.2 Å². The molecule has 3 aromatic rings. The van der Waals surface area contributed by atoms with Gasteiger partial charge in [0.1, 0.15) is 5.69 Å². The molecule has 0 saturated heterocycles. The lowest BCUT2D eigenvalue weighted by Crippen LogP contribution is -1.75. The zero-order valence-corrected chi connectivity index (χ0v) is 10.9. The van der Waals surface area contributed by atoms with E-state index in [1.54, 1.807) is 12.1 Å². The van der Waals surface area contributed by atoms with Crippen LogP contribution in [0.25, 0.3) is 22.2 Å². The molecule has 0 atom stereocenters. The van der Waals surface area contributed by atoms with Crippen molar-refractivity contribution in [3.05, 3.63) is 57.9 Å². The molecule has 1 heterocycles. The maximum atomic E-state index is 10.4. The average Bonchev–Trinajstić information content (AvgIpc) is 2.81. The average molecular weight is 301 g/mol. The van der Waals surface area contributed by atoms with Gasteiger partial charge in [-0.15, -0.1) is 4.91 Å². The Labute approximate surface area is 112 Å². The Bertz CT molecular complexity index is 716. The number of aromatic nitrogens is 1. The van der Waals surface area contributed by atoms with Gasteiger partial charge in [0.2, 0.25) is 0 Å². The third-order valence-corrected chi connectivity index (χ3v) is 3.36. The lowest BCUT2D eigenvalue weighted by molar-refractivity contribution is 1.43. The summed E-state index contributed by atoms with van der Waals surface area (Å²) in [4.78, 5) is 13.7. The number of hydrogen-bond donors (Lipinski definition) is 1. The zero-order valence-electron chi connectivity index (χ0n) is 9.35. The highest BCUT2D eigenvalue weighted by atomic mass is 79.9. The number of rotatable bonds is 2. The van der Waals surface area contributed by atoms with E-state index in [4.69, 9.17) is 0 Å². The summed E-state index contributed by atoms with van der Waals surface area (Å²) in [6, 6.07) is 15.4. The summed E-state index contributed by atoms with van der Waals surface area (Å²) in [5.41, 5.74) is 3.59. The number of halogens is 1. The van der Waals surface area contributed by atoms with Crippen LogP contribution in [0.15, 0.2) is 58.2 Å². The van der Waals surface area contributed by atoms with E-state index in [1.807, 2.05) is 24.3 Å². The van der Waals surface area contributed by atoms with Crippen molar-refractivity contribution in [3.8, 4) is 11.3 Å². The maximum absolute atomic E-state index is 10.4. The fourth-order valence-electron chi connectivity index (χ4n) is 1.96. The van der Waals surface area contributed by atoms with Gasteiger partial charge in [-0.3, -0.25) is 0 Å². The Kier molecular flexibility index (Phi) is 2.72. The first kappa shape index (κ1) is 11.2. The standard InChI is InChI=1S/C14H9BrN2O/c15-11-4-1-10-7-13(16-14(10)8-11)9-2-5-12(17-18)6-3-9/h1-8,16H. The third kappa shape index (κ3) is 1.95. The van der Waals surface area contributed by atoms with Gasteiger partial charge in [-0.25, -0.2) is 0 Å². The molecule has 0 fully saturated rings. The monoisotopic (exact) mass is 300 g/mol. The van der Waals surface area contributed by atoms with Gasteiger partial charge < -0.3 is 4.98 Å². The first-order chi connectivity index (χ1) is 8.76. The van der Waals surface area contributed by atoms with Crippen molar-refractivity contribution in [1.29, 1.82) is 0 Å². The summed E-state index contributed by atoms with van der Waals surface area (Å²) in [6.45, 7) is 0. The smallest absolute Gasteiger partial charge is 0.108 e. The van der Waals surface area contributed by atoms with Crippen LogP contribution >= 0.6 is 15.9 Å². The molecule has 0 amide bonds. The van der Waals surface area contributed by atoms with E-state index < -0.39 is 0 Å². The second-order valence-electron chi connectivity index (χ2n) is 4.05. The second kappa shape index (κ2) is 4.38. The molecule has 88 valence electrons. The number of nitrogens with zero attached hydrogens (tertiary/aromatic N) is 1. The van der Waals surface area contributed by atoms with Crippen LogP contribution in [0.1, 0.15) is 0 Å². The minimum Gasteiger partial charge on any atom is -0.354 e. The van der Waals surface area contributed by atoms with Gasteiger partial charge in [-0.05, 0) is 41.1 Å². The van der Waals surface area contributed by atoms with Gasteiger partial charge in [0.25, 0.3) is 0 Å². The number of nitrogens with one attached hydrogen (secondary N) is 1. The van der Waals surface area contributed by atoms with Crippen LogP contribution in [0.2, 0.25) is 0 Å². The third-order valence-electron chi connectivity index (χ3n) is 2.87. The van der Waals surface area contributed by atoms with Crippen LogP contribution < -0.4 is 0 Å². The molecule has 0 aliphatic carbocycles. The number of fused-ring (bicyclic) bond motifs is 1. The summed E-state index contributed by atoms with van der Waals surface area (Å²) >= 11 is 3.45. The van der Waals surface area contributed by atoms with E-state index in [-0.39, 0.29) is 0 Å². The quantitative estimate of drug-likeness (QED) is 0.665. The Morgan fingerprint density at radius 3 is 2.50 bits per heavy atom. The molecule has 1 aromatic heterocycles. The van der Waals surface area contributed by atoms with Gasteiger partial charge in [0.05, 0.1) is 0 Å². The van der Waals surface area contributed by atoms with Crippen molar-refractivity contribution in [3.63, 3.8) is 0 Å². The lowest BCUT2D eigenvalue weighted by atomic mass is 10.1. The fourth-order valence-corrected chi connectivity index (χ4v) is 2.32. The number of nitroso groups, excluding NO2 is 1. The molecular weight excluding hydrogens is 292 g/mol. The number of benzene rings is 2. The summed E-state index contributed by atoms with van der Waals surface area (Å²) in [5, 5.41) is 4.05. The minimum atomic E-state index is 0.442. The number of hydrogen-bond acceptors (Lipinski definition) is 2. The molecule has 0 bridgehead atoms. The van der Waals surface area contributed by atoms with Crippen molar-refractivity contribution < 1.29 is 0 Å². The van der Waals surface area contributed by atoms with Crippen molar-refractivity contribution in [2.45, 2.75) is 0 Å². The summed E-state index contributed by atoms with van der Waals surface area (Å²) < 4.78 is 1.05. The van der Waals surface area contributed by atoms with E-state index in [9.17, 15) is 4.91 Å². The normalized spacial score (nSPS) is 10.7. The van der Waals surface area contributed by atoms with E-state index in [0.717, 1.165) is 26.6 Å². The predicted octanol–water partition coefficient (Wildman–Crippen LogP) is 5.00. The van der Waals surface area contributed by atoms with Crippen LogP contribution in [0.4, 0.5) is 5.69 Å². The van der Waals surface area contributed by atoms with Gasteiger partial charge >= 0.3 is 0 Å². The molecule has 18 heavy (non-hydrogen) atoms. The second-order valence-corrected chi connectivity index (χ2v) is 4.97. The van der Waals surface area contributed by atoms with Crippen molar-refractivity contribution >= 4 is 32.5 Å². The summed E-state index contributed by atoms with van der Waals surface area (Å²) in [6.07, 6.45) is 0. The Balaban J connectivity index is 2.10. The van der Waals surface area contributed by atoms with Crippen molar-refractivity contribution in [2.75, 3.05) is 0 Å². The zero-order chi connectivity index (χ0) is 12.5. The van der Waals surface area contributed by atoms with Crippen LogP contribution in [-0.2, 0) is 0 Å². The maximum Gasteiger partial charge on any atom is 0.108 e. The largest absolute Gasteiger partial charge is 0.354 e. The fraction of sp³-hybridized carbons (Fsp3) is 0. The Morgan fingerprint density at radius 2 is 1.78 bits per heavy atom. The molecule has 0 spiro atoms. The van der Waals surface area contributed by atoms with Crippen LogP contribution in [0.5, 0.6) is 0 Å². The van der Waals surface area contributed by atoms with E-state index in [0.29, 0.717) is 5.69 Å². The predicted molar refractivity (Wildman–Crippen MR) is 76.9 cm³/mol.